The van der Waals surface area contributed by atoms with Crippen LogP contribution in [0.1, 0.15) is 49.3 Å². The average molecular weight is 386 g/mol. The van der Waals surface area contributed by atoms with E-state index in [0.717, 1.165) is 53.6 Å². The molecule has 0 spiro atoms. The Hall–Kier alpha value is -2.94. The summed E-state index contributed by atoms with van der Waals surface area (Å²) in [5.74, 6) is 2.04. The lowest BCUT2D eigenvalue weighted by Gasteiger charge is -2.38. The van der Waals surface area contributed by atoms with E-state index >= 15 is 0 Å². The Morgan fingerprint density at radius 2 is 2.00 bits per heavy atom. The van der Waals surface area contributed by atoms with Crippen LogP contribution in [0.2, 0.25) is 0 Å². The van der Waals surface area contributed by atoms with Crippen LogP contribution >= 0.6 is 0 Å². The van der Waals surface area contributed by atoms with Crippen LogP contribution in [0, 0.1) is 5.92 Å². The van der Waals surface area contributed by atoms with Gasteiger partial charge in [-0.05, 0) is 59.4 Å². The van der Waals surface area contributed by atoms with E-state index in [-0.39, 0.29) is 6.04 Å². The van der Waals surface area contributed by atoms with Gasteiger partial charge < -0.3 is 15.2 Å². The standard InChI is InChI=1S/C26H27NO2/c1-2-3-15-29-18-12-13-23-22(16-18)20-9-6-10-21(20)26(27-23)25-19-8-5-4-7-17(19)11-14-24(25)28/h4-9,11-14,16,20-21,26-28H,2-3,10,15H2,1H3. The van der Waals surface area contributed by atoms with Gasteiger partial charge in [0.05, 0.1) is 12.6 Å². The molecule has 2 N–H and O–H groups in total. The van der Waals surface area contributed by atoms with E-state index in [1.165, 1.54) is 5.56 Å². The van der Waals surface area contributed by atoms with Gasteiger partial charge in [0.25, 0.3) is 0 Å². The minimum absolute atomic E-state index is 0.0699. The zero-order valence-corrected chi connectivity index (χ0v) is 16.8. The Kier molecular flexibility index (Phi) is 4.67. The molecule has 29 heavy (non-hydrogen) atoms. The Balaban J connectivity index is 1.55. The molecule has 0 saturated carbocycles. The number of ether oxygens (including phenoxy) is 1. The van der Waals surface area contributed by atoms with Crippen LogP contribution in [0.25, 0.3) is 10.8 Å². The summed E-state index contributed by atoms with van der Waals surface area (Å²) in [4.78, 5) is 0. The lowest BCUT2D eigenvalue weighted by atomic mass is 9.76. The summed E-state index contributed by atoms with van der Waals surface area (Å²) in [5, 5.41) is 16.9. The Bertz CT molecular complexity index is 1070. The summed E-state index contributed by atoms with van der Waals surface area (Å²) < 4.78 is 5.96. The van der Waals surface area contributed by atoms with Gasteiger partial charge in [-0.2, -0.15) is 0 Å². The van der Waals surface area contributed by atoms with Gasteiger partial charge in [0.2, 0.25) is 0 Å². The molecule has 0 fully saturated rings. The topological polar surface area (TPSA) is 41.5 Å². The largest absolute Gasteiger partial charge is 0.508 e. The molecule has 3 nitrogen and oxygen atoms in total. The second-order valence-electron chi connectivity index (χ2n) is 8.15. The molecule has 3 aromatic carbocycles. The number of aromatic hydroxyl groups is 1. The van der Waals surface area contributed by atoms with Crippen LogP contribution in [-0.4, -0.2) is 11.7 Å². The number of benzene rings is 3. The van der Waals surface area contributed by atoms with E-state index < -0.39 is 0 Å². The smallest absolute Gasteiger partial charge is 0.121 e. The number of allylic oxidation sites excluding steroid dienone is 2. The van der Waals surface area contributed by atoms with E-state index in [1.54, 1.807) is 0 Å². The lowest BCUT2D eigenvalue weighted by molar-refractivity contribution is 0.308. The second kappa shape index (κ2) is 7.47. The van der Waals surface area contributed by atoms with Gasteiger partial charge in [0.15, 0.2) is 0 Å². The molecular formula is C26H27NO2. The number of nitrogens with one attached hydrogen (secondary N) is 1. The molecule has 148 valence electrons. The highest BCUT2D eigenvalue weighted by Crippen LogP contribution is 2.52. The first-order valence-corrected chi connectivity index (χ1v) is 10.7. The van der Waals surface area contributed by atoms with Gasteiger partial charge >= 0.3 is 0 Å². The summed E-state index contributed by atoms with van der Waals surface area (Å²) in [7, 11) is 0. The van der Waals surface area contributed by atoms with Crippen molar-refractivity contribution in [1.29, 1.82) is 0 Å². The number of fused-ring (bicyclic) bond motifs is 4. The van der Waals surface area contributed by atoms with Crippen LogP contribution in [0.15, 0.2) is 66.7 Å². The zero-order valence-electron chi connectivity index (χ0n) is 16.8. The van der Waals surface area contributed by atoms with E-state index in [2.05, 4.69) is 54.7 Å². The average Bonchev–Trinajstić information content (AvgIpc) is 3.24. The highest BCUT2D eigenvalue weighted by Gasteiger charge is 2.39. The third-order valence-corrected chi connectivity index (χ3v) is 6.36. The van der Waals surface area contributed by atoms with E-state index in [0.29, 0.717) is 17.6 Å². The molecule has 3 heteroatoms. The molecule has 5 rings (SSSR count). The molecule has 3 unspecified atom stereocenters. The number of phenolic OH excluding ortho intramolecular Hbond substituents is 1. The molecular weight excluding hydrogens is 358 g/mol. The summed E-state index contributed by atoms with van der Waals surface area (Å²) in [5.41, 5.74) is 3.45. The van der Waals surface area contributed by atoms with Crippen molar-refractivity contribution in [3.05, 3.63) is 77.9 Å². The van der Waals surface area contributed by atoms with Crippen molar-refractivity contribution in [2.75, 3.05) is 11.9 Å². The molecule has 0 amide bonds. The lowest BCUT2D eigenvalue weighted by Crippen LogP contribution is -2.29. The first kappa shape index (κ1) is 18.1. The molecule has 0 saturated heterocycles. The number of phenols is 1. The van der Waals surface area contributed by atoms with Crippen molar-refractivity contribution in [3.8, 4) is 11.5 Å². The van der Waals surface area contributed by atoms with Crippen molar-refractivity contribution in [3.63, 3.8) is 0 Å². The third-order valence-electron chi connectivity index (χ3n) is 6.36. The maximum absolute atomic E-state index is 10.8. The Morgan fingerprint density at radius 1 is 1.10 bits per heavy atom. The molecule has 2 aliphatic rings. The van der Waals surface area contributed by atoms with Gasteiger partial charge in [0.1, 0.15) is 11.5 Å². The number of anilines is 1. The van der Waals surface area contributed by atoms with Crippen LogP contribution in [0.4, 0.5) is 5.69 Å². The molecule has 0 aromatic heterocycles. The highest BCUT2D eigenvalue weighted by atomic mass is 16.5. The molecule has 0 radical (unpaired) electrons. The predicted molar refractivity (Wildman–Crippen MR) is 119 cm³/mol. The normalized spacial score (nSPS) is 22.2. The van der Waals surface area contributed by atoms with Crippen molar-refractivity contribution in [2.45, 2.75) is 38.1 Å². The zero-order chi connectivity index (χ0) is 19.8. The molecule has 1 aliphatic heterocycles. The van der Waals surface area contributed by atoms with Crippen molar-refractivity contribution in [1.82, 2.24) is 0 Å². The fourth-order valence-corrected chi connectivity index (χ4v) is 4.89. The fourth-order valence-electron chi connectivity index (χ4n) is 4.89. The molecule has 1 aliphatic carbocycles. The van der Waals surface area contributed by atoms with E-state index in [9.17, 15) is 5.11 Å². The number of hydrogen-bond acceptors (Lipinski definition) is 3. The van der Waals surface area contributed by atoms with Crippen LogP contribution in [-0.2, 0) is 0 Å². The van der Waals surface area contributed by atoms with Crippen LogP contribution in [0.3, 0.4) is 0 Å². The fraction of sp³-hybridized carbons (Fsp3) is 0.308. The molecule has 3 atom stereocenters. The molecule has 1 heterocycles. The number of rotatable bonds is 5. The van der Waals surface area contributed by atoms with Gasteiger partial charge in [-0.3, -0.25) is 0 Å². The summed E-state index contributed by atoms with van der Waals surface area (Å²) in [6.45, 7) is 2.94. The second-order valence-corrected chi connectivity index (χ2v) is 8.15. The first-order valence-electron chi connectivity index (χ1n) is 10.7. The predicted octanol–water partition coefficient (Wildman–Crippen LogP) is 6.55. The number of hydrogen-bond donors (Lipinski definition) is 2. The summed E-state index contributed by atoms with van der Waals surface area (Å²) >= 11 is 0. The summed E-state index contributed by atoms with van der Waals surface area (Å²) in [6, 6.07) is 18.6. The SMILES string of the molecule is CCCCOc1ccc2c(c1)C1C=CCC1C(c1c(O)ccc3ccccc13)N2. The minimum atomic E-state index is 0.0699. The van der Waals surface area contributed by atoms with Gasteiger partial charge in [-0.15, -0.1) is 0 Å². The molecule has 3 aromatic rings. The van der Waals surface area contributed by atoms with Gasteiger partial charge in [0, 0.05) is 17.2 Å². The van der Waals surface area contributed by atoms with Crippen LogP contribution < -0.4 is 10.1 Å². The van der Waals surface area contributed by atoms with Crippen molar-refractivity contribution < 1.29 is 9.84 Å². The molecule has 0 bridgehead atoms. The van der Waals surface area contributed by atoms with E-state index in [1.807, 2.05) is 24.3 Å². The monoisotopic (exact) mass is 385 g/mol. The maximum Gasteiger partial charge on any atom is 0.121 e. The highest BCUT2D eigenvalue weighted by molar-refractivity contribution is 5.89. The van der Waals surface area contributed by atoms with E-state index in [4.69, 9.17) is 4.74 Å². The Morgan fingerprint density at radius 3 is 2.90 bits per heavy atom. The van der Waals surface area contributed by atoms with Crippen molar-refractivity contribution >= 4 is 16.5 Å². The van der Waals surface area contributed by atoms with Crippen molar-refractivity contribution in [2.24, 2.45) is 5.92 Å². The minimum Gasteiger partial charge on any atom is -0.508 e. The van der Waals surface area contributed by atoms with Crippen LogP contribution in [0.5, 0.6) is 11.5 Å². The summed E-state index contributed by atoms with van der Waals surface area (Å²) in [6.07, 6.45) is 7.83. The third kappa shape index (κ3) is 3.15. The quantitative estimate of drug-likeness (QED) is 0.386. The maximum atomic E-state index is 10.8. The first-order chi connectivity index (χ1) is 14.3. The van der Waals surface area contributed by atoms with Gasteiger partial charge in [-0.1, -0.05) is 55.8 Å². The number of unbranched alkanes of at least 4 members (excludes halogenated alkanes) is 1. The van der Waals surface area contributed by atoms with Gasteiger partial charge in [-0.25, -0.2) is 0 Å². The Labute approximate surface area is 172 Å².